The molecule has 7 heteroatoms. The molecule has 2 aromatic rings. The number of hydrogen-bond acceptors (Lipinski definition) is 4. The van der Waals surface area contributed by atoms with Crippen molar-refractivity contribution >= 4 is 18.0 Å². The second-order valence-electron chi connectivity index (χ2n) is 7.19. The number of rotatable bonds is 9. The highest BCUT2D eigenvalue weighted by Gasteiger charge is 2.39. The lowest BCUT2D eigenvalue weighted by atomic mass is 9.82. The van der Waals surface area contributed by atoms with Crippen LogP contribution in [0.2, 0.25) is 0 Å². The second-order valence-corrected chi connectivity index (χ2v) is 7.19. The van der Waals surface area contributed by atoms with Gasteiger partial charge in [-0.1, -0.05) is 68.4 Å². The van der Waals surface area contributed by atoms with Gasteiger partial charge in [0.05, 0.1) is 18.4 Å². The summed E-state index contributed by atoms with van der Waals surface area (Å²) in [7, 11) is 0. The largest absolute Gasteiger partial charge is 0.481 e. The van der Waals surface area contributed by atoms with Crippen molar-refractivity contribution in [2.45, 2.75) is 44.8 Å². The van der Waals surface area contributed by atoms with Crippen molar-refractivity contribution in [2.24, 2.45) is 0 Å². The molecule has 0 aliphatic carbocycles. The zero-order chi connectivity index (χ0) is 21.4. The first-order chi connectivity index (χ1) is 13.7. The van der Waals surface area contributed by atoms with Gasteiger partial charge in [-0.2, -0.15) is 0 Å². The van der Waals surface area contributed by atoms with Gasteiger partial charge < -0.3 is 20.3 Å². The first kappa shape index (κ1) is 21.9. The van der Waals surface area contributed by atoms with Crippen molar-refractivity contribution in [1.82, 2.24) is 5.32 Å². The van der Waals surface area contributed by atoms with E-state index in [0.29, 0.717) is 5.56 Å². The number of carbonyl (C=O) groups excluding carboxylic acids is 1. The third kappa shape index (κ3) is 6.34. The molecule has 0 aromatic heterocycles. The molecule has 0 atom stereocenters. The fourth-order valence-corrected chi connectivity index (χ4v) is 3.09. The Balaban J connectivity index is 2.34. The van der Waals surface area contributed by atoms with E-state index in [4.69, 9.17) is 4.74 Å². The van der Waals surface area contributed by atoms with Crippen LogP contribution in [0.1, 0.15) is 49.3 Å². The normalized spacial score (nSPS) is 11.1. The lowest BCUT2D eigenvalue weighted by molar-refractivity contribution is -0.141. The predicted molar refractivity (Wildman–Crippen MR) is 106 cm³/mol. The van der Waals surface area contributed by atoms with E-state index in [9.17, 15) is 24.6 Å². The lowest BCUT2D eigenvalue weighted by Gasteiger charge is -2.33. The van der Waals surface area contributed by atoms with Crippen LogP contribution in [0.4, 0.5) is 4.79 Å². The third-order valence-electron chi connectivity index (χ3n) is 4.57. The van der Waals surface area contributed by atoms with Crippen LogP contribution in [0.25, 0.3) is 0 Å². The van der Waals surface area contributed by atoms with Gasteiger partial charge in [-0.3, -0.25) is 9.59 Å². The molecule has 154 valence electrons. The minimum Gasteiger partial charge on any atom is -0.481 e. The van der Waals surface area contributed by atoms with Gasteiger partial charge in [0.15, 0.2) is 0 Å². The van der Waals surface area contributed by atoms with Gasteiger partial charge in [0.2, 0.25) is 0 Å². The maximum Gasteiger partial charge on any atom is 0.408 e. The quantitative estimate of drug-likeness (QED) is 0.590. The molecule has 0 unspecified atom stereocenters. The summed E-state index contributed by atoms with van der Waals surface area (Å²) in [4.78, 5) is 35.6. The molecule has 0 radical (unpaired) electrons. The number of aliphatic carboxylic acids is 2. The van der Waals surface area contributed by atoms with Crippen LogP contribution in [0.5, 0.6) is 0 Å². The zero-order valence-corrected chi connectivity index (χ0v) is 16.4. The minimum absolute atomic E-state index is 0.0189. The smallest absolute Gasteiger partial charge is 0.408 e. The second kappa shape index (κ2) is 9.73. The summed E-state index contributed by atoms with van der Waals surface area (Å²) in [6.07, 6.45) is -2.07. The van der Waals surface area contributed by atoms with Crippen molar-refractivity contribution in [3.05, 3.63) is 71.3 Å². The van der Waals surface area contributed by atoms with Gasteiger partial charge in [0.1, 0.15) is 6.61 Å². The van der Waals surface area contributed by atoms with Gasteiger partial charge in [-0.15, -0.1) is 0 Å². The molecule has 2 aromatic carbocycles. The molecule has 0 saturated heterocycles. The molecular weight excluding hydrogens is 374 g/mol. The number of hydrogen-bond donors (Lipinski definition) is 3. The molecular formula is C22H25NO6. The molecule has 0 aliphatic rings. The fraction of sp³-hybridized carbons (Fsp3) is 0.318. The number of alkyl carbamates (subject to hydrolysis) is 1. The highest BCUT2D eigenvalue weighted by atomic mass is 16.5. The maximum atomic E-state index is 12.5. The van der Waals surface area contributed by atoms with E-state index >= 15 is 0 Å². The van der Waals surface area contributed by atoms with Crippen LogP contribution in [0, 0.1) is 0 Å². The van der Waals surface area contributed by atoms with Gasteiger partial charge in [0, 0.05) is 0 Å². The fourth-order valence-electron chi connectivity index (χ4n) is 3.09. The molecule has 0 heterocycles. The summed E-state index contributed by atoms with van der Waals surface area (Å²) in [5, 5.41) is 21.4. The summed E-state index contributed by atoms with van der Waals surface area (Å²) in [6, 6.07) is 15.9. The molecule has 0 saturated carbocycles. The molecule has 0 bridgehead atoms. The SMILES string of the molecule is CC(C)c1cccc(C(CC(=O)O)(CC(=O)O)NC(=O)OCc2ccccc2)c1. The number of nitrogens with one attached hydrogen (secondary N) is 1. The molecule has 0 aliphatic heterocycles. The Kier molecular flexibility index (Phi) is 7.36. The van der Waals surface area contributed by atoms with Gasteiger partial charge >= 0.3 is 18.0 Å². The van der Waals surface area contributed by atoms with Crippen molar-refractivity contribution < 1.29 is 29.3 Å². The molecule has 1 amide bonds. The van der Waals surface area contributed by atoms with Gasteiger partial charge in [-0.05, 0) is 22.6 Å². The maximum absolute atomic E-state index is 12.5. The molecule has 2 rings (SSSR count). The Labute approximate surface area is 169 Å². The monoisotopic (exact) mass is 399 g/mol. The first-order valence-electron chi connectivity index (χ1n) is 9.25. The van der Waals surface area contributed by atoms with E-state index in [1.807, 2.05) is 26.0 Å². The zero-order valence-electron chi connectivity index (χ0n) is 16.4. The van der Waals surface area contributed by atoms with Crippen molar-refractivity contribution in [2.75, 3.05) is 0 Å². The van der Waals surface area contributed by atoms with Crippen LogP contribution in [-0.2, 0) is 26.5 Å². The van der Waals surface area contributed by atoms with Gasteiger partial charge in [-0.25, -0.2) is 4.79 Å². The van der Waals surface area contributed by atoms with Crippen molar-refractivity contribution in [1.29, 1.82) is 0 Å². The van der Waals surface area contributed by atoms with E-state index in [0.717, 1.165) is 11.1 Å². The summed E-state index contributed by atoms with van der Waals surface area (Å²) in [6.45, 7) is 3.92. The highest BCUT2D eigenvalue weighted by molar-refractivity contribution is 5.77. The number of amides is 1. The Hall–Kier alpha value is -3.35. The van der Waals surface area contributed by atoms with Crippen LogP contribution >= 0.6 is 0 Å². The van der Waals surface area contributed by atoms with Crippen molar-refractivity contribution in [3.63, 3.8) is 0 Å². The van der Waals surface area contributed by atoms with Crippen LogP contribution in [0.15, 0.2) is 54.6 Å². The number of carboxylic acid groups (broad SMARTS) is 2. The third-order valence-corrected chi connectivity index (χ3v) is 4.57. The lowest BCUT2D eigenvalue weighted by Crippen LogP contribution is -2.49. The highest BCUT2D eigenvalue weighted by Crippen LogP contribution is 2.32. The van der Waals surface area contributed by atoms with Crippen LogP contribution < -0.4 is 5.32 Å². The Morgan fingerprint density at radius 1 is 0.966 bits per heavy atom. The van der Waals surface area contributed by atoms with E-state index in [1.54, 1.807) is 42.5 Å². The number of ether oxygens (including phenoxy) is 1. The predicted octanol–water partition coefficient (Wildman–Crippen LogP) is 3.88. The Morgan fingerprint density at radius 3 is 2.14 bits per heavy atom. The Bertz CT molecular complexity index is 847. The number of carbonyl (C=O) groups is 3. The summed E-state index contributed by atoms with van der Waals surface area (Å²) in [5.74, 6) is -2.32. The van der Waals surface area contributed by atoms with E-state index in [-0.39, 0.29) is 12.5 Å². The molecule has 0 fully saturated rings. The van der Waals surface area contributed by atoms with Gasteiger partial charge in [0.25, 0.3) is 0 Å². The average Bonchev–Trinajstić information content (AvgIpc) is 2.66. The van der Waals surface area contributed by atoms with E-state index < -0.39 is 36.4 Å². The standard InChI is InChI=1S/C22H25NO6/c1-15(2)17-9-6-10-18(11-17)22(12-19(24)25,13-20(26)27)23-21(28)29-14-16-7-4-3-5-8-16/h3-11,15H,12-14H2,1-2H3,(H,23,28)(H,24,25)(H,26,27). The van der Waals surface area contributed by atoms with E-state index in [1.165, 1.54) is 0 Å². The topological polar surface area (TPSA) is 113 Å². The van der Waals surface area contributed by atoms with Crippen LogP contribution in [0.3, 0.4) is 0 Å². The molecule has 7 nitrogen and oxygen atoms in total. The minimum atomic E-state index is -1.64. The molecule has 29 heavy (non-hydrogen) atoms. The first-order valence-corrected chi connectivity index (χ1v) is 9.25. The Morgan fingerprint density at radius 2 is 1.59 bits per heavy atom. The number of carboxylic acids is 2. The summed E-state index contributed by atoms with van der Waals surface area (Å²) in [5.41, 5.74) is 0.426. The van der Waals surface area contributed by atoms with Crippen molar-refractivity contribution in [3.8, 4) is 0 Å². The number of benzene rings is 2. The average molecular weight is 399 g/mol. The molecule has 3 N–H and O–H groups in total. The summed E-state index contributed by atoms with van der Waals surface area (Å²) >= 11 is 0. The summed E-state index contributed by atoms with van der Waals surface area (Å²) < 4.78 is 5.21. The van der Waals surface area contributed by atoms with E-state index in [2.05, 4.69) is 5.32 Å². The molecule has 0 spiro atoms. The van der Waals surface area contributed by atoms with Crippen LogP contribution in [-0.4, -0.2) is 28.2 Å².